The van der Waals surface area contributed by atoms with E-state index in [0.717, 1.165) is 0 Å². The number of H-pyrrole nitrogens is 1. The monoisotopic (exact) mass is 305 g/mol. The Morgan fingerprint density at radius 1 is 1.14 bits per heavy atom. The Bertz CT molecular complexity index is 615. The molecule has 0 bridgehead atoms. The minimum atomic E-state index is -0.450. The van der Waals surface area contributed by atoms with Crippen LogP contribution in [0.3, 0.4) is 0 Å². The lowest BCUT2D eigenvalue weighted by molar-refractivity contribution is -0.378. The van der Waals surface area contributed by atoms with Gasteiger partial charge in [-0.2, -0.15) is 0 Å². The first kappa shape index (κ1) is 15.0. The number of hydrogen-bond donors (Lipinski definition) is 1. The number of rotatable bonds is 5. The molecule has 5 nitrogen and oxygen atoms in total. The van der Waals surface area contributed by atoms with Crippen LogP contribution in [0.1, 0.15) is 20.7 Å². The van der Waals surface area contributed by atoms with Gasteiger partial charge in [-0.3, -0.25) is 4.79 Å². The van der Waals surface area contributed by atoms with Crippen LogP contribution in [-0.2, 0) is 4.74 Å². The standard InChI is InChI=1S/C15H13ClN2O3/c16-13-5-3-11(4-6-13)15(20)21-9-8-18-14(19)12-2-1-7-17-10-12/h1-7,10H,8-9H2,(H,18,19)/p+1. The molecular weight excluding hydrogens is 292 g/mol. The second-order valence-electron chi connectivity index (χ2n) is 4.19. The molecule has 0 fully saturated rings. The summed E-state index contributed by atoms with van der Waals surface area (Å²) in [6.07, 6.45) is 3.31. The van der Waals surface area contributed by atoms with Crippen molar-refractivity contribution in [3.63, 3.8) is 0 Å². The molecule has 0 aliphatic heterocycles. The van der Waals surface area contributed by atoms with Gasteiger partial charge in [0.15, 0.2) is 12.4 Å². The maximum absolute atomic E-state index is 11.7. The van der Waals surface area contributed by atoms with Crippen molar-refractivity contribution in [2.45, 2.75) is 0 Å². The Hall–Kier alpha value is -2.40. The fourth-order valence-corrected chi connectivity index (χ4v) is 1.74. The molecule has 2 rings (SSSR count). The molecule has 108 valence electrons. The minimum Gasteiger partial charge on any atom is -0.460 e. The Kier molecular flexibility index (Phi) is 5.29. The van der Waals surface area contributed by atoms with Gasteiger partial charge in [-0.25, -0.2) is 9.78 Å². The molecule has 0 unspecified atom stereocenters. The van der Waals surface area contributed by atoms with E-state index >= 15 is 0 Å². The number of benzene rings is 1. The van der Waals surface area contributed by atoms with Gasteiger partial charge in [0, 0.05) is 11.1 Å². The van der Waals surface area contributed by atoms with Crippen LogP contribution in [0.25, 0.3) is 0 Å². The van der Waals surface area contributed by atoms with E-state index in [4.69, 9.17) is 16.3 Å². The highest BCUT2D eigenvalue weighted by Crippen LogP contribution is 2.10. The number of pyridine rings is 1. The van der Waals surface area contributed by atoms with Crippen LogP contribution in [0, 0.1) is 0 Å². The lowest BCUT2D eigenvalue weighted by Crippen LogP contribution is -2.28. The summed E-state index contributed by atoms with van der Waals surface area (Å²) >= 11 is 5.73. The predicted molar refractivity (Wildman–Crippen MR) is 77.1 cm³/mol. The molecule has 0 aliphatic carbocycles. The third kappa shape index (κ3) is 4.57. The summed E-state index contributed by atoms with van der Waals surface area (Å²) < 4.78 is 5.05. The zero-order valence-electron chi connectivity index (χ0n) is 11.1. The van der Waals surface area contributed by atoms with Gasteiger partial charge < -0.3 is 10.1 Å². The van der Waals surface area contributed by atoms with Crippen LogP contribution >= 0.6 is 11.6 Å². The maximum atomic E-state index is 11.7. The first-order chi connectivity index (χ1) is 10.2. The van der Waals surface area contributed by atoms with Gasteiger partial charge >= 0.3 is 5.97 Å². The van der Waals surface area contributed by atoms with Gasteiger partial charge in [-0.1, -0.05) is 11.6 Å². The summed E-state index contributed by atoms with van der Waals surface area (Å²) in [5.74, 6) is -0.677. The molecule has 6 heteroatoms. The van der Waals surface area contributed by atoms with Crippen LogP contribution in [0.2, 0.25) is 5.02 Å². The quantitative estimate of drug-likeness (QED) is 0.676. The summed E-state index contributed by atoms with van der Waals surface area (Å²) in [7, 11) is 0. The molecular formula is C15H14ClN2O3+. The molecule has 1 heterocycles. The molecule has 0 aliphatic rings. The minimum absolute atomic E-state index is 0.101. The SMILES string of the molecule is O=C(NCCOC(=O)c1ccc(Cl)cc1)c1ccc[nH+]c1. The molecule has 2 aromatic rings. The number of carbonyl (C=O) groups excluding carboxylic acids is 2. The average molecular weight is 306 g/mol. The number of halogens is 1. The summed E-state index contributed by atoms with van der Waals surface area (Å²) in [6.45, 7) is 0.344. The third-order valence-electron chi connectivity index (χ3n) is 2.67. The zero-order valence-corrected chi connectivity index (χ0v) is 11.9. The van der Waals surface area contributed by atoms with E-state index in [9.17, 15) is 9.59 Å². The summed E-state index contributed by atoms with van der Waals surface area (Å²) in [6, 6.07) is 9.82. The smallest absolute Gasteiger partial charge is 0.338 e. The van der Waals surface area contributed by atoms with Crippen molar-refractivity contribution >= 4 is 23.5 Å². The highest BCUT2D eigenvalue weighted by Gasteiger charge is 2.09. The van der Waals surface area contributed by atoms with Crippen molar-refractivity contribution in [1.29, 1.82) is 0 Å². The molecule has 0 spiro atoms. The molecule has 1 aromatic carbocycles. The lowest BCUT2D eigenvalue weighted by Gasteiger charge is -2.06. The van der Waals surface area contributed by atoms with Gasteiger partial charge in [0.2, 0.25) is 0 Å². The molecule has 0 saturated heterocycles. The summed E-state index contributed by atoms with van der Waals surface area (Å²) in [4.78, 5) is 26.2. The van der Waals surface area contributed by atoms with Gasteiger partial charge in [0.25, 0.3) is 5.91 Å². The van der Waals surface area contributed by atoms with Gasteiger partial charge in [0.05, 0.1) is 12.1 Å². The van der Waals surface area contributed by atoms with Gasteiger partial charge in [-0.15, -0.1) is 0 Å². The molecule has 0 saturated carbocycles. The number of carbonyl (C=O) groups is 2. The van der Waals surface area contributed by atoms with E-state index in [1.165, 1.54) is 0 Å². The van der Waals surface area contributed by atoms with E-state index in [2.05, 4.69) is 10.3 Å². The number of aromatic amines is 1. The third-order valence-corrected chi connectivity index (χ3v) is 2.92. The van der Waals surface area contributed by atoms with E-state index in [1.807, 2.05) is 0 Å². The molecule has 21 heavy (non-hydrogen) atoms. The van der Waals surface area contributed by atoms with Crippen LogP contribution in [0.15, 0.2) is 48.8 Å². The van der Waals surface area contributed by atoms with Gasteiger partial charge in [-0.05, 0) is 30.3 Å². The Labute approximate surface area is 126 Å². The molecule has 0 atom stereocenters. The number of ether oxygens (including phenoxy) is 1. The first-order valence-electron chi connectivity index (χ1n) is 6.34. The number of amides is 1. The Morgan fingerprint density at radius 2 is 1.90 bits per heavy atom. The van der Waals surface area contributed by atoms with E-state index in [0.29, 0.717) is 16.1 Å². The van der Waals surface area contributed by atoms with Crippen molar-refractivity contribution in [3.8, 4) is 0 Å². The van der Waals surface area contributed by atoms with Crippen molar-refractivity contribution in [2.75, 3.05) is 13.2 Å². The second-order valence-corrected chi connectivity index (χ2v) is 4.63. The van der Waals surface area contributed by atoms with Crippen LogP contribution < -0.4 is 10.3 Å². The van der Waals surface area contributed by atoms with Crippen molar-refractivity contribution in [2.24, 2.45) is 0 Å². The normalized spacial score (nSPS) is 9.95. The molecule has 1 aromatic heterocycles. The van der Waals surface area contributed by atoms with Crippen molar-refractivity contribution in [3.05, 3.63) is 64.9 Å². The maximum Gasteiger partial charge on any atom is 0.338 e. The number of hydrogen-bond acceptors (Lipinski definition) is 3. The summed E-state index contributed by atoms with van der Waals surface area (Å²) in [5, 5.41) is 3.21. The molecule has 0 radical (unpaired) electrons. The largest absolute Gasteiger partial charge is 0.460 e. The second kappa shape index (κ2) is 7.40. The molecule has 2 N–H and O–H groups in total. The molecule has 1 amide bonds. The predicted octanol–water partition coefficient (Wildman–Crippen LogP) is 1.74. The highest BCUT2D eigenvalue weighted by atomic mass is 35.5. The van der Waals surface area contributed by atoms with Crippen molar-refractivity contribution in [1.82, 2.24) is 5.32 Å². The van der Waals surface area contributed by atoms with Crippen LogP contribution in [0.5, 0.6) is 0 Å². The Balaban J connectivity index is 1.73. The van der Waals surface area contributed by atoms with Gasteiger partial charge in [0.1, 0.15) is 12.2 Å². The van der Waals surface area contributed by atoms with E-state index < -0.39 is 5.97 Å². The fraction of sp³-hybridized carbons (Fsp3) is 0.133. The number of esters is 1. The van der Waals surface area contributed by atoms with Crippen LogP contribution in [-0.4, -0.2) is 25.0 Å². The zero-order chi connectivity index (χ0) is 15.1. The van der Waals surface area contributed by atoms with Crippen LogP contribution in [0.4, 0.5) is 0 Å². The van der Waals surface area contributed by atoms with E-state index in [-0.39, 0.29) is 19.1 Å². The highest BCUT2D eigenvalue weighted by molar-refractivity contribution is 6.30. The number of nitrogens with one attached hydrogen (secondary N) is 2. The average Bonchev–Trinajstić information content (AvgIpc) is 2.52. The first-order valence-corrected chi connectivity index (χ1v) is 6.71. The number of aromatic nitrogens is 1. The van der Waals surface area contributed by atoms with Crippen molar-refractivity contribution < 1.29 is 19.3 Å². The van der Waals surface area contributed by atoms with E-state index in [1.54, 1.807) is 48.8 Å². The fourth-order valence-electron chi connectivity index (χ4n) is 1.61. The Morgan fingerprint density at radius 3 is 2.57 bits per heavy atom. The topological polar surface area (TPSA) is 69.5 Å². The lowest BCUT2D eigenvalue weighted by atomic mass is 10.2. The summed E-state index contributed by atoms with van der Waals surface area (Å²) in [5.41, 5.74) is 0.935.